The first kappa shape index (κ1) is 11.1. The molecule has 3 nitrogen and oxygen atoms in total. The minimum absolute atomic E-state index is 0.147. The van der Waals surface area contributed by atoms with E-state index in [2.05, 4.69) is 43.1 Å². The Balaban J connectivity index is 2.46. The third kappa shape index (κ3) is 1.70. The molecule has 0 bridgehead atoms. The summed E-state index contributed by atoms with van der Waals surface area (Å²) in [6.07, 6.45) is 0. The van der Waals surface area contributed by atoms with E-state index in [1.54, 1.807) is 7.11 Å². The van der Waals surface area contributed by atoms with Crippen LogP contribution >= 0.6 is 0 Å². The molecule has 0 aliphatic carbocycles. The zero-order valence-corrected chi connectivity index (χ0v) is 10.5. The summed E-state index contributed by atoms with van der Waals surface area (Å²) in [7, 11) is 1.71. The molecule has 0 fully saturated rings. The molecule has 1 N–H and O–H groups in total. The minimum Gasteiger partial charge on any atom is -0.497 e. The van der Waals surface area contributed by atoms with Crippen LogP contribution in [0.25, 0.3) is 0 Å². The molecule has 1 aromatic rings. The lowest BCUT2D eigenvalue weighted by molar-refractivity contribution is 0.413. The molecule has 0 radical (unpaired) electrons. The number of benzene rings is 1. The molecule has 0 saturated carbocycles. The molecule has 88 valence electrons. The Hall–Kier alpha value is -1.38. The first-order valence-electron chi connectivity index (χ1n) is 5.78. The van der Waals surface area contributed by atoms with Crippen LogP contribution < -0.4 is 15.0 Å². The largest absolute Gasteiger partial charge is 0.497 e. The van der Waals surface area contributed by atoms with Crippen molar-refractivity contribution in [3.05, 3.63) is 18.2 Å². The van der Waals surface area contributed by atoms with Crippen molar-refractivity contribution in [2.24, 2.45) is 0 Å². The van der Waals surface area contributed by atoms with Crippen LogP contribution in [0, 0.1) is 0 Å². The SMILES string of the molecule is CCN1c2cc(OC)ccc2NCC1(C)C. The molecule has 0 saturated heterocycles. The van der Waals surface area contributed by atoms with E-state index in [4.69, 9.17) is 4.74 Å². The molecule has 0 amide bonds. The maximum atomic E-state index is 5.29. The van der Waals surface area contributed by atoms with Crippen LogP contribution in [-0.2, 0) is 0 Å². The smallest absolute Gasteiger partial charge is 0.121 e. The number of hydrogen-bond acceptors (Lipinski definition) is 3. The van der Waals surface area contributed by atoms with Crippen molar-refractivity contribution in [3.8, 4) is 5.75 Å². The Kier molecular flexibility index (Phi) is 2.70. The van der Waals surface area contributed by atoms with Gasteiger partial charge in [0.15, 0.2) is 0 Å². The van der Waals surface area contributed by atoms with Crippen LogP contribution in [0.15, 0.2) is 18.2 Å². The highest BCUT2D eigenvalue weighted by atomic mass is 16.5. The predicted molar refractivity (Wildman–Crippen MR) is 68.6 cm³/mol. The van der Waals surface area contributed by atoms with Gasteiger partial charge in [0.1, 0.15) is 5.75 Å². The fourth-order valence-corrected chi connectivity index (χ4v) is 2.34. The maximum Gasteiger partial charge on any atom is 0.121 e. The molecule has 0 aromatic heterocycles. The molecule has 1 heterocycles. The molecule has 0 atom stereocenters. The van der Waals surface area contributed by atoms with Gasteiger partial charge in [0.25, 0.3) is 0 Å². The van der Waals surface area contributed by atoms with Crippen LogP contribution in [0.2, 0.25) is 0 Å². The average molecular weight is 220 g/mol. The lowest BCUT2D eigenvalue weighted by Gasteiger charge is -2.45. The Bertz CT molecular complexity index is 388. The standard InChI is InChI=1S/C13H20N2O/c1-5-15-12-8-10(16-4)6-7-11(12)14-9-13(15,2)3/h6-8,14H,5,9H2,1-4H3. The number of methoxy groups -OCH3 is 1. The Morgan fingerprint density at radius 1 is 1.44 bits per heavy atom. The van der Waals surface area contributed by atoms with Crippen molar-refractivity contribution in [3.63, 3.8) is 0 Å². The second kappa shape index (κ2) is 3.89. The van der Waals surface area contributed by atoms with Gasteiger partial charge in [-0.05, 0) is 32.9 Å². The summed E-state index contributed by atoms with van der Waals surface area (Å²) in [6.45, 7) is 8.68. The van der Waals surface area contributed by atoms with E-state index in [9.17, 15) is 0 Å². The van der Waals surface area contributed by atoms with E-state index in [1.807, 2.05) is 6.07 Å². The second-order valence-electron chi connectivity index (χ2n) is 4.79. The molecule has 1 aliphatic heterocycles. The van der Waals surface area contributed by atoms with Gasteiger partial charge >= 0.3 is 0 Å². The first-order chi connectivity index (χ1) is 7.58. The molecular formula is C13H20N2O. The topological polar surface area (TPSA) is 24.5 Å². The number of rotatable bonds is 2. The summed E-state index contributed by atoms with van der Waals surface area (Å²) in [6, 6.07) is 6.19. The number of ether oxygens (including phenoxy) is 1. The summed E-state index contributed by atoms with van der Waals surface area (Å²) in [5, 5.41) is 3.47. The monoisotopic (exact) mass is 220 g/mol. The van der Waals surface area contributed by atoms with Crippen LogP contribution in [-0.4, -0.2) is 25.7 Å². The number of nitrogens with zero attached hydrogens (tertiary/aromatic N) is 1. The van der Waals surface area contributed by atoms with Crippen molar-refractivity contribution >= 4 is 11.4 Å². The van der Waals surface area contributed by atoms with Crippen LogP contribution in [0.5, 0.6) is 5.75 Å². The summed E-state index contributed by atoms with van der Waals surface area (Å²) in [5.41, 5.74) is 2.58. The van der Waals surface area contributed by atoms with Crippen molar-refractivity contribution in [2.75, 3.05) is 30.4 Å². The highest BCUT2D eigenvalue weighted by molar-refractivity contribution is 5.75. The van der Waals surface area contributed by atoms with Gasteiger partial charge < -0.3 is 15.0 Å². The van der Waals surface area contributed by atoms with Crippen molar-refractivity contribution < 1.29 is 4.74 Å². The Morgan fingerprint density at radius 3 is 2.81 bits per heavy atom. The second-order valence-corrected chi connectivity index (χ2v) is 4.79. The van der Waals surface area contributed by atoms with Gasteiger partial charge in [0.05, 0.1) is 24.0 Å². The van der Waals surface area contributed by atoms with E-state index >= 15 is 0 Å². The molecule has 0 unspecified atom stereocenters. The highest BCUT2D eigenvalue weighted by Crippen LogP contribution is 2.38. The lowest BCUT2D eigenvalue weighted by atomic mass is 9.97. The van der Waals surface area contributed by atoms with Gasteiger partial charge in [-0.3, -0.25) is 0 Å². The lowest BCUT2D eigenvalue weighted by Crippen LogP contribution is -2.52. The molecule has 1 aliphatic rings. The summed E-state index contributed by atoms with van der Waals surface area (Å²) < 4.78 is 5.29. The molecule has 1 aromatic carbocycles. The van der Waals surface area contributed by atoms with E-state index in [-0.39, 0.29) is 5.54 Å². The third-order valence-corrected chi connectivity index (χ3v) is 3.25. The van der Waals surface area contributed by atoms with Crippen molar-refractivity contribution in [1.82, 2.24) is 0 Å². The van der Waals surface area contributed by atoms with Gasteiger partial charge in [-0.15, -0.1) is 0 Å². The Morgan fingerprint density at radius 2 is 2.19 bits per heavy atom. The summed E-state index contributed by atoms with van der Waals surface area (Å²) >= 11 is 0. The van der Waals surface area contributed by atoms with Gasteiger partial charge in [0, 0.05) is 19.2 Å². The molecule has 2 rings (SSSR count). The van der Waals surface area contributed by atoms with Gasteiger partial charge in [-0.25, -0.2) is 0 Å². The molecule has 16 heavy (non-hydrogen) atoms. The first-order valence-corrected chi connectivity index (χ1v) is 5.78. The zero-order chi connectivity index (χ0) is 11.8. The zero-order valence-electron chi connectivity index (χ0n) is 10.5. The highest BCUT2D eigenvalue weighted by Gasteiger charge is 2.31. The number of fused-ring (bicyclic) bond motifs is 1. The predicted octanol–water partition coefficient (Wildman–Crippen LogP) is 2.73. The van der Waals surface area contributed by atoms with E-state index in [1.165, 1.54) is 11.4 Å². The number of anilines is 2. The van der Waals surface area contributed by atoms with Crippen molar-refractivity contribution in [2.45, 2.75) is 26.3 Å². The quantitative estimate of drug-likeness (QED) is 0.829. The van der Waals surface area contributed by atoms with Crippen LogP contribution in [0.4, 0.5) is 11.4 Å². The molecule has 3 heteroatoms. The minimum atomic E-state index is 0.147. The van der Waals surface area contributed by atoms with Gasteiger partial charge in [-0.1, -0.05) is 0 Å². The number of likely N-dealkylation sites (N-methyl/N-ethyl adjacent to an activating group) is 1. The maximum absolute atomic E-state index is 5.29. The summed E-state index contributed by atoms with van der Waals surface area (Å²) in [4.78, 5) is 2.42. The van der Waals surface area contributed by atoms with Gasteiger partial charge in [-0.2, -0.15) is 0 Å². The molecule has 0 spiro atoms. The third-order valence-electron chi connectivity index (χ3n) is 3.25. The number of nitrogens with one attached hydrogen (secondary N) is 1. The van der Waals surface area contributed by atoms with E-state index in [0.717, 1.165) is 18.8 Å². The average Bonchev–Trinajstić information content (AvgIpc) is 2.27. The van der Waals surface area contributed by atoms with Crippen LogP contribution in [0.1, 0.15) is 20.8 Å². The fraction of sp³-hybridized carbons (Fsp3) is 0.538. The molecular weight excluding hydrogens is 200 g/mol. The normalized spacial score (nSPS) is 17.6. The van der Waals surface area contributed by atoms with Crippen LogP contribution in [0.3, 0.4) is 0 Å². The Labute approximate surface area is 97.4 Å². The van der Waals surface area contributed by atoms with E-state index in [0.29, 0.717) is 0 Å². The van der Waals surface area contributed by atoms with Crippen molar-refractivity contribution in [1.29, 1.82) is 0 Å². The number of hydrogen-bond donors (Lipinski definition) is 1. The van der Waals surface area contributed by atoms with E-state index < -0.39 is 0 Å². The van der Waals surface area contributed by atoms with Gasteiger partial charge in [0.2, 0.25) is 0 Å². The fourth-order valence-electron chi connectivity index (χ4n) is 2.34. The summed E-state index contributed by atoms with van der Waals surface area (Å²) in [5.74, 6) is 0.914.